The number of carbonyl (C=O) groups is 2. The van der Waals surface area contributed by atoms with E-state index in [9.17, 15) is 9.59 Å². The van der Waals surface area contributed by atoms with Crippen molar-refractivity contribution in [1.82, 2.24) is 9.88 Å². The molecule has 118 valence electrons. The third-order valence-corrected chi connectivity index (χ3v) is 4.40. The lowest BCUT2D eigenvalue weighted by atomic mass is 9.82. The highest BCUT2D eigenvalue weighted by atomic mass is 16.2. The van der Waals surface area contributed by atoms with E-state index in [1.807, 2.05) is 42.5 Å². The molecule has 2 atom stereocenters. The number of likely N-dealkylation sites (tertiary alicyclic amines) is 1. The zero-order valence-electron chi connectivity index (χ0n) is 13.2. The molecule has 5 nitrogen and oxygen atoms in total. The third-order valence-electron chi connectivity index (χ3n) is 4.40. The van der Waals surface area contributed by atoms with E-state index in [2.05, 4.69) is 4.98 Å². The maximum atomic E-state index is 12.8. The molecule has 5 heteroatoms. The number of rotatable bonds is 4. The van der Waals surface area contributed by atoms with Crippen molar-refractivity contribution in [3.05, 3.63) is 60.4 Å². The Balaban J connectivity index is 1.77. The summed E-state index contributed by atoms with van der Waals surface area (Å²) in [4.78, 5) is 32.1. The van der Waals surface area contributed by atoms with Gasteiger partial charge in [0.2, 0.25) is 11.8 Å². The Hall–Kier alpha value is -2.69. The average Bonchev–Trinajstić information content (AvgIpc) is 2.61. The van der Waals surface area contributed by atoms with Gasteiger partial charge in [0.15, 0.2) is 0 Å². The highest BCUT2D eigenvalue weighted by Gasteiger charge is 2.50. The van der Waals surface area contributed by atoms with Crippen LogP contribution in [0.2, 0.25) is 0 Å². The van der Waals surface area contributed by atoms with Crippen LogP contribution in [0.4, 0.5) is 5.69 Å². The first-order chi connectivity index (χ1) is 11.1. The van der Waals surface area contributed by atoms with Crippen molar-refractivity contribution < 1.29 is 9.59 Å². The first kappa shape index (κ1) is 15.2. The Morgan fingerprint density at radius 2 is 1.83 bits per heavy atom. The van der Waals surface area contributed by atoms with Crippen LogP contribution in [0.5, 0.6) is 0 Å². The molecular formula is C18H19N3O2. The largest absolute Gasteiger partial charge is 0.333 e. The molecule has 1 fully saturated rings. The van der Waals surface area contributed by atoms with Gasteiger partial charge >= 0.3 is 0 Å². The van der Waals surface area contributed by atoms with Gasteiger partial charge in [-0.15, -0.1) is 0 Å². The van der Waals surface area contributed by atoms with Crippen molar-refractivity contribution in [3.8, 4) is 0 Å². The van der Waals surface area contributed by atoms with Gasteiger partial charge in [-0.25, -0.2) is 0 Å². The van der Waals surface area contributed by atoms with Gasteiger partial charge in [0.05, 0.1) is 5.92 Å². The fourth-order valence-corrected chi connectivity index (χ4v) is 3.01. The summed E-state index contributed by atoms with van der Waals surface area (Å²) in [6.07, 6.45) is 3.97. The second kappa shape index (κ2) is 6.20. The van der Waals surface area contributed by atoms with Crippen LogP contribution in [0.1, 0.15) is 5.56 Å². The van der Waals surface area contributed by atoms with Crippen LogP contribution in [-0.4, -0.2) is 41.8 Å². The molecule has 3 rings (SSSR count). The van der Waals surface area contributed by atoms with Crippen LogP contribution in [0.25, 0.3) is 0 Å². The number of anilines is 1. The molecule has 1 aliphatic rings. The molecule has 1 unspecified atom stereocenters. The second-order valence-electron chi connectivity index (χ2n) is 5.79. The maximum Gasteiger partial charge on any atom is 0.250 e. The minimum absolute atomic E-state index is 0.0154. The molecule has 0 N–H and O–H groups in total. The zero-order valence-corrected chi connectivity index (χ0v) is 13.2. The van der Waals surface area contributed by atoms with Crippen LogP contribution in [0, 0.1) is 5.92 Å². The zero-order chi connectivity index (χ0) is 16.4. The topological polar surface area (TPSA) is 53.5 Å². The molecular weight excluding hydrogens is 290 g/mol. The predicted molar refractivity (Wildman–Crippen MR) is 87.8 cm³/mol. The Morgan fingerprint density at radius 3 is 2.48 bits per heavy atom. The molecule has 1 aliphatic heterocycles. The summed E-state index contributed by atoms with van der Waals surface area (Å²) in [5.41, 5.74) is 1.85. The molecule has 0 radical (unpaired) electrons. The number of aromatic nitrogens is 1. The van der Waals surface area contributed by atoms with E-state index in [0.717, 1.165) is 11.3 Å². The molecule has 1 aromatic carbocycles. The number of hydrogen-bond acceptors (Lipinski definition) is 3. The number of carbonyl (C=O) groups excluding carboxylic acids is 2. The number of benzene rings is 1. The molecule has 0 spiro atoms. The van der Waals surface area contributed by atoms with Gasteiger partial charge in [0, 0.05) is 32.2 Å². The van der Waals surface area contributed by atoms with E-state index in [-0.39, 0.29) is 17.7 Å². The molecule has 0 bridgehead atoms. The molecule has 0 aliphatic carbocycles. The van der Waals surface area contributed by atoms with Crippen LogP contribution < -0.4 is 4.90 Å². The number of nitrogens with zero attached hydrogens (tertiary/aromatic N) is 3. The van der Waals surface area contributed by atoms with Crippen molar-refractivity contribution in [2.75, 3.05) is 19.0 Å². The molecule has 2 amide bonds. The first-order valence-electron chi connectivity index (χ1n) is 7.58. The van der Waals surface area contributed by atoms with E-state index in [4.69, 9.17) is 0 Å². The Kier molecular flexibility index (Phi) is 4.10. The summed E-state index contributed by atoms with van der Waals surface area (Å²) in [7, 11) is 3.44. The van der Waals surface area contributed by atoms with Gasteiger partial charge < -0.3 is 9.80 Å². The third kappa shape index (κ3) is 2.82. The highest BCUT2D eigenvalue weighted by molar-refractivity contribution is 6.05. The second-order valence-corrected chi connectivity index (χ2v) is 5.79. The summed E-state index contributed by atoms with van der Waals surface area (Å²) >= 11 is 0. The summed E-state index contributed by atoms with van der Waals surface area (Å²) in [6.45, 7) is 0. The first-order valence-corrected chi connectivity index (χ1v) is 7.58. The van der Waals surface area contributed by atoms with Crippen LogP contribution >= 0.6 is 0 Å². The van der Waals surface area contributed by atoms with Crippen molar-refractivity contribution in [3.63, 3.8) is 0 Å². The number of hydrogen-bond donors (Lipinski definition) is 0. The predicted octanol–water partition coefficient (Wildman–Crippen LogP) is 1.74. The van der Waals surface area contributed by atoms with Gasteiger partial charge in [0.25, 0.3) is 0 Å². The molecule has 23 heavy (non-hydrogen) atoms. The van der Waals surface area contributed by atoms with Crippen LogP contribution in [-0.2, 0) is 16.0 Å². The number of para-hydroxylation sites is 1. The number of likely N-dealkylation sites (N-methyl/N-ethyl adjacent to an activating group) is 2. The van der Waals surface area contributed by atoms with E-state index >= 15 is 0 Å². The maximum absolute atomic E-state index is 12.8. The Morgan fingerprint density at radius 1 is 1.17 bits per heavy atom. The summed E-state index contributed by atoms with van der Waals surface area (Å²) in [5.74, 6) is -0.347. The highest BCUT2D eigenvalue weighted by Crippen LogP contribution is 2.30. The smallest absolute Gasteiger partial charge is 0.250 e. The van der Waals surface area contributed by atoms with Gasteiger partial charge in [-0.05, 0) is 36.2 Å². The minimum Gasteiger partial charge on any atom is -0.333 e. The summed E-state index contributed by atoms with van der Waals surface area (Å²) < 4.78 is 0. The SMILES string of the molecule is CN(C(=O)C1[C@@H](Cc2ccncc2)C(=O)N1C)c1ccccc1. The monoisotopic (exact) mass is 309 g/mol. The minimum atomic E-state index is -0.416. The fourth-order valence-electron chi connectivity index (χ4n) is 3.01. The van der Waals surface area contributed by atoms with Gasteiger partial charge in [-0.2, -0.15) is 0 Å². The molecule has 2 heterocycles. The lowest BCUT2D eigenvalue weighted by Crippen LogP contribution is -2.65. The van der Waals surface area contributed by atoms with Gasteiger partial charge in [-0.3, -0.25) is 14.6 Å². The lowest BCUT2D eigenvalue weighted by Gasteiger charge is -2.45. The Labute approximate surface area is 135 Å². The standard InChI is InChI=1S/C18H19N3O2/c1-20(14-6-4-3-5-7-14)18(23)16-15(17(22)21(16)2)12-13-8-10-19-11-9-13/h3-11,15-16H,12H2,1-2H3/t15-,16?/m1/s1. The summed E-state index contributed by atoms with van der Waals surface area (Å²) in [5, 5.41) is 0. The molecule has 0 saturated carbocycles. The Bertz CT molecular complexity index is 703. The van der Waals surface area contributed by atoms with Crippen molar-refractivity contribution in [2.24, 2.45) is 5.92 Å². The molecule has 1 aromatic heterocycles. The number of pyridine rings is 1. The van der Waals surface area contributed by atoms with Crippen molar-refractivity contribution >= 4 is 17.5 Å². The van der Waals surface area contributed by atoms with Crippen molar-refractivity contribution in [1.29, 1.82) is 0 Å². The molecule has 1 saturated heterocycles. The summed E-state index contributed by atoms with van der Waals surface area (Å²) in [6, 6.07) is 12.8. The van der Waals surface area contributed by atoms with E-state index in [0.29, 0.717) is 6.42 Å². The lowest BCUT2D eigenvalue weighted by molar-refractivity contribution is -0.159. The fraction of sp³-hybridized carbons (Fsp3) is 0.278. The number of amides is 2. The van der Waals surface area contributed by atoms with E-state index in [1.165, 1.54) is 4.90 Å². The number of β-lactam (4-membered cyclic amide) rings is 1. The van der Waals surface area contributed by atoms with E-state index < -0.39 is 6.04 Å². The van der Waals surface area contributed by atoms with Crippen molar-refractivity contribution in [2.45, 2.75) is 12.5 Å². The quantitative estimate of drug-likeness (QED) is 0.809. The van der Waals surface area contributed by atoms with Crippen LogP contribution in [0.15, 0.2) is 54.9 Å². The van der Waals surface area contributed by atoms with Gasteiger partial charge in [0.1, 0.15) is 6.04 Å². The van der Waals surface area contributed by atoms with Gasteiger partial charge in [-0.1, -0.05) is 18.2 Å². The normalized spacial score (nSPS) is 20.1. The molecule has 2 aromatic rings. The van der Waals surface area contributed by atoms with E-state index in [1.54, 1.807) is 31.4 Å². The van der Waals surface area contributed by atoms with Crippen LogP contribution in [0.3, 0.4) is 0 Å². The average molecular weight is 309 g/mol.